The lowest BCUT2D eigenvalue weighted by atomic mass is 10.2. The number of anilines is 1. The Morgan fingerprint density at radius 1 is 1.57 bits per heavy atom. The minimum Gasteiger partial charge on any atom is -0.343 e. The molecule has 0 unspecified atom stereocenters. The summed E-state index contributed by atoms with van der Waals surface area (Å²) in [6.07, 6.45) is 0.883. The van der Waals surface area contributed by atoms with Crippen LogP contribution >= 0.6 is 7.82 Å². The van der Waals surface area contributed by atoms with E-state index in [0.29, 0.717) is 12.8 Å². The first kappa shape index (κ1) is 16.1. The van der Waals surface area contributed by atoms with Crippen LogP contribution in [-0.2, 0) is 13.8 Å². The van der Waals surface area contributed by atoms with E-state index in [1.54, 1.807) is 0 Å². The van der Waals surface area contributed by atoms with Crippen molar-refractivity contribution in [3.63, 3.8) is 0 Å². The first-order valence-corrected chi connectivity index (χ1v) is 8.24. The first-order chi connectivity index (χ1) is 10.7. The van der Waals surface area contributed by atoms with E-state index in [1.807, 2.05) is 0 Å². The molecule has 10 nitrogen and oxygen atoms in total. The number of rotatable bonds is 4. The zero-order valence-corrected chi connectivity index (χ0v) is 12.6. The van der Waals surface area contributed by atoms with Crippen LogP contribution in [0, 0.1) is 5.82 Å². The number of fused-ring (bicyclic) bond motifs is 1. The van der Waals surface area contributed by atoms with Gasteiger partial charge in [-0.15, -0.1) is 0 Å². The Labute approximate surface area is 128 Å². The fourth-order valence-corrected chi connectivity index (χ4v) is 2.96. The molecule has 1 fully saturated rings. The Hall–Kier alpha value is -1.78. The van der Waals surface area contributed by atoms with Gasteiger partial charge in [-0.25, -0.2) is 18.9 Å². The highest BCUT2D eigenvalue weighted by Crippen LogP contribution is 2.38. The lowest BCUT2D eigenvalue weighted by Crippen LogP contribution is -2.25. The van der Waals surface area contributed by atoms with Gasteiger partial charge in [-0.2, -0.15) is 0 Å². The van der Waals surface area contributed by atoms with Gasteiger partial charge in [-0.3, -0.25) is 13.9 Å². The van der Waals surface area contributed by atoms with Gasteiger partial charge in [0.05, 0.1) is 18.9 Å². The monoisotopic (exact) mass is 349 g/mol. The molecular weight excluding hydrogens is 334 g/mol. The number of H-pyrrole nitrogens is 2. The number of nitrogen functional groups attached to an aromatic ring is 1. The Morgan fingerprint density at radius 2 is 2.30 bits per heavy atom. The number of hydrogen-bond donors (Lipinski definition) is 4. The second-order valence-corrected chi connectivity index (χ2v) is 6.42. The van der Waals surface area contributed by atoms with Crippen LogP contribution in [0.25, 0.3) is 11.0 Å². The number of hydrogen-bond acceptors (Lipinski definition) is 5. The summed E-state index contributed by atoms with van der Waals surface area (Å²) in [5.74, 6) is -0.753. The summed E-state index contributed by atoms with van der Waals surface area (Å²) in [6, 6.07) is 0. The van der Waals surface area contributed by atoms with Gasteiger partial charge in [-0.05, 0) is 6.42 Å². The lowest BCUT2D eigenvalue weighted by Gasteiger charge is -2.14. The van der Waals surface area contributed by atoms with Crippen LogP contribution in [0.4, 0.5) is 10.3 Å². The van der Waals surface area contributed by atoms with E-state index in [4.69, 9.17) is 20.3 Å². The molecule has 2 aromatic rings. The number of halogens is 1. The van der Waals surface area contributed by atoms with Gasteiger partial charge in [0.2, 0.25) is 5.65 Å². The average Bonchev–Trinajstić information content (AvgIpc) is 3.00. The molecule has 6 N–H and O–H groups in total. The van der Waals surface area contributed by atoms with Crippen molar-refractivity contribution < 1.29 is 33.0 Å². The third kappa shape index (κ3) is 3.28. The number of nitrogens with two attached hydrogens (primary N) is 1. The molecule has 3 rings (SSSR count). The molecule has 12 heteroatoms. The molecule has 2 aromatic heterocycles. The van der Waals surface area contributed by atoms with Crippen molar-refractivity contribution in [2.24, 2.45) is 0 Å². The van der Waals surface area contributed by atoms with Crippen molar-refractivity contribution in [1.29, 1.82) is 0 Å². The molecule has 3 heterocycles. The van der Waals surface area contributed by atoms with Gasteiger partial charge in [0.25, 0.3) is 0 Å². The van der Waals surface area contributed by atoms with Crippen molar-refractivity contribution in [1.82, 2.24) is 9.55 Å². The number of nitrogens with one attached hydrogen (secondary N) is 2. The second kappa shape index (κ2) is 5.69. The number of nitrogens with zero attached hydrogens (tertiary/aromatic N) is 1. The smallest absolute Gasteiger partial charge is 0.343 e. The Morgan fingerprint density at radius 3 is 3.00 bits per heavy atom. The SMILES string of the molecule is Nc1[nH]c(=O)c2c(F)cn([C@H]3CC[C@@H](COP(=O)(O)O)O3)c2[nH+]1. The maximum atomic E-state index is 14.0. The van der Waals surface area contributed by atoms with Gasteiger partial charge in [0, 0.05) is 6.42 Å². The molecule has 0 radical (unpaired) electrons. The van der Waals surface area contributed by atoms with Crippen LogP contribution in [0.3, 0.4) is 0 Å². The van der Waals surface area contributed by atoms with E-state index in [0.717, 1.165) is 6.20 Å². The number of ether oxygens (including phenoxy) is 1. The average molecular weight is 349 g/mol. The molecule has 2 atom stereocenters. The molecule has 0 amide bonds. The fourth-order valence-electron chi connectivity index (χ4n) is 2.60. The summed E-state index contributed by atoms with van der Waals surface area (Å²) < 4.78 is 36.1. The summed E-state index contributed by atoms with van der Waals surface area (Å²) in [6.45, 7) is -0.283. The quantitative estimate of drug-likeness (QED) is 0.550. The van der Waals surface area contributed by atoms with Crippen LogP contribution in [0.15, 0.2) is 11.0 Å². The number of phosphoric ester groups is 1. The van der Waals surface area contributed by atoms with E-state index in [-0.39, 0.29) is 23.6 Å². The molecule has 0 aliphatic carbocycles. The maximum absolute atomic E-state index is 14.0. The normalized spacial score (nSPS) is 22.0. The van der Waals surface area contributed by atoms with Gasteiger partial charge in [0.15, 0.2) is 17.4 Å². The fraction of sp³-hybridized carbons (Fsp3) is 0.455. The maximum Gasteiger partial charge on any atom is 0.469 e. The van der Waals surface area contributed by atoms with E-state index in [2.05, 4.69) is 14.5 Å². The van der Waals surface area contributed by atoms with Crippen molar-refractivity contribution in [2.45, 2.75) is 25.2 Å². The van der Waals surface area contributed by atoms with E-state index >= 15 is 0 Å². The second-order valence-electron chi connectivity index (χ2n) is 5.18. The molecular formula is C11H15FN4O6P+. The Kier molecular flexibility index (Phi) is 3.98. The van der Waals surface area contributed by atoms with Gasteiger partial charge >= 0.3 is 19.3 Å². The molecule has 0 saturated carbocycles. The predicted octanol–water partition coefficient (Wildman–Crippen LogP) is -0.348. The van der Waals surface area contributed by atoms with E-state index in [1.165, 1.54) is 4.57 Å². The molecule has 0 aromatic carbocycles. The predicted molar refractivity (Wildman–Crippen MR) is 74.6 cm³/mol. The summed E-state index contributed by atoms with van der Waals surface area (Å²) in [4.78, 5) is 34.1. The number of aromatic amines is 2. The van der Waals surface area contributed by atoms with Crippen LogP contribution in [-0.4, -0.2) is 32.0 Å². The molecule has 126 valence electrons. The summed E-state index contributed by atoms with van der Waals surface area (Å²) >= 11 is 0. The van der Waals surface area contributed by atoms with Crippen molar-refractivity contribution in [3.8, 4) is 0 Å². The van der Waals surface area contributed by atoms with Gasteiger partial charge < -0.3 is 20.3 Å². The lowest BCUT2D eigenvalue weighted by molar-refractivity contribution is -0.337. The first-order valence-electron chi connectivity index (χ1n) is 6.71. The molecule has 0 spiro atoms. The van der Waals surface area contributed by atoms with Crippen molar-refractivity contribution >= 4 is 24.8 Å². The van der Waals surface area contributed by atoms with Gasteiger partial charge in [-0.1, -0.05) is 0 Å². The zero-order valence-electron chi connectivity index (χ0n) is 11.7. The molecule has 23 heavy (non-hydrogen) atoms. The summed E-state index contributed by atoms with van der Waals surface area (Å²) in [7, 11) is -4.57. The standard InChI is InChI=1S/C11H14FN4O6P/c12-6-3-16(9-8(6)10(17)15-11(13)14-9)7-2-1-5(22-7)4-21-23(18,19)20/h3,5,7H,1-2,4H2,(H2,18,19,20)(H3,13,14,15,17)/p+1/t5-,7+/m0/s1. The highest BCUT2D eigenvalue weighted by molar-refractivity contribution is 7.46. The molecule has 1 aliphatic rings. The van der Waals surface area contributed by atoms with Crippen LogP contribution in [0.5, 0.6) is 0 Å². The van der Waals surface area contributed by atoms with E-state index < -0.39 is 31.5 Å². The van der Waals surface area contributed by atoms with Crippen molar-refractivity contribution in [3.05, 3.63) is 22.4 Å². The van der Waals surface area contributed by atoms with Crippen molar-refractivity contribution in [2.75, 3.05) is 12.3 Å². The van der Waals surface area contributed by atoms with Crippen LogP contribution < -0.4 is 16.3 Å². The summed E-state index contributed by atoms with van der Waals surface area (Å²) in [5.41, 5.74) is 5.04. The van der Waals surface area contributed by atoms with Crippen LogP contribution in [0.2, 0.25) is 0 Å². The molecule has 0 bridgehead atoms. The zero-order chi connectivity index (χ0) is 16.8. The number of aromatic nitrogens is 3. The Bertz CT molecular complexity index is 845. The Balaban J connectivity index is 1.85. The largest absolute Gasteiger partial charge is 0.469 e. The van der Waals surface area contributed by atoms with Gasteiger partial charge in [0.1, 0.15) is 0 Å². The number of phosphoric acid groups is 1. The minimum atomic E-state index is -4.57. The minimum absolute atomic E-state index is 0.0266. The highest BCUT2D eigenvalue weighted by Gasteiger charge is 2.33. The third-order valence-corrected chi connectivity index (χ3v) is 4.02. The molecule has 1 saturated heterocycles. The third-order valence-electron chi connectivity index (χ3n) is 3.54. The molecule has 1 aliphatic heterocycles. The van der Waals surface area contributed by atoms with Crippen LogP contribution in [0.1, 0.15) is 19.1 Å². The van der Waals surface area contributed by atoms with E-state index in [9.17, 15) is 13.8 Å². The highest BCUT2D eigenvalue weighted by atomic mass is 31.2. The topological polar surface area (TPSA) is 154 Å². The summed E-state index contributed by atoms with van der Waals surface area (Å²) in [5, 5.41) is -0.169.